The molecule has 1 aliphatic rings. The molecule has 1 amide bonds. The quantitative estimate of drug-likeness (QED) is 0.812. The van der Waals surface area contributed by atoms with Gasteiger partial charge in [-0.2, -0.15) is 0 Å². The standard InChI is InChI=1S/C20H32N2O2/c1-15-8-9-16(2)17(13-15)24-12-6-5-7-19(23)22-11-10-18(21)20(3,4)14-22/h8-9,13,18H,5-7,10-12,14,21H2,1-4H3. The minimum absolute atomic E-state index is 0.0136. The lowest BCUT2D eigenvalue weighted by Crippen LogP contribution is -2.53. The van der Waals surface area contributed by atoms with Gasteiger partial charge in [0.15, 0.2) is 0 Å². The highest BCUT2D eigenvalue weighted by Crippen LogP contribution is 2.28. The average molecular weight is 332 g/mol. The number of carbonyl (C=O) groups is 1. The van der Waals surface area contributed by atoms with E-state index < -0.39 is 0 Å². The number of nitrogens with zero attached hydrogens (tertiary/aromatic N) is 1. The van der Waals surface area contributed by atoms with Gasteiger partial charge >= 0.3 is 0 Å². The first-order valence-electron chi connectivity index (χ1n) is 9.03. The molecule has 2 N–H and O–H groups in total. The number of ether oxygens (including phenoxy) is 1. The van der Waals surface area contributed by atoms with E-state index in [1.54, 1.807) is 0 Å². The number of amides is 1. The molecule has 1 fully saturated rings. The van der Waals surface area contributed by atoms with Crippen LogP contribution in [0.15, 0.2) is 18.2 Å². The first kappa shape index (κ1) is 18.8. The number of nitrogens with two attached hydrogens (primary N) is 1. The van der Waals surface area contributed by atoms with Crippen LogP contribution in [0.5, 0.6) is 5.75 Å². The first-order chi connectivity index (χ1) is 11.3. The summed E-state index contributed by atoms with van der Waals surface area (Å²) >= 11 is 0. The summed E-state index contributed by atoms with van der Waals surface area (Å²) in [5.74, 6) is 1.20. The van der Waals surface area contributed by atoms with Crippen LogP contribution in [0.1, 0.15) is 50.7 Å². The van der Waals surface area contributed by atoms with Crippen molar-refractivity contribution in [1.29, 1.82) is 0 Å². The van der Waals surface area contributed by atoms with Gasteiger partial charge < -0.3 is 15.4 Å². The van der Waals surface area contributed by atoms with Crippen LogP contribution in [-0.4, -0.2) is 36.5 Å². The van der Waals surface area contributed by atoms with Crippen molar-refractivity contribution >= 4 is 5.91 Å². The molecule has 0 aliphatic carbocycles. The molecule has 1 atom stereocenters. The van der Waals surface area contributed by atoms with E-state index in [-0.39, 0.29) is 17.4 Å². The summed E-state index contributed by atoms with van der Waals surface area (Å²) in [6.07, 6.45) is 3.26. The summed E-state index contributed by atoms with van der Waals surface area (Å²) < 4.78 is 5.85. The first-order valence-corrected chi connectivity index (χ1v) is 9.03. The lowest BCUT2D eigenvalue weighted by molar-refractivity contribution is -0.134. The van der Waals surface area contributed by atoms with E-state index in [1.165, 1.54) is 5.56 Å². The largest absolute Gasteiger partial charge is 0.493 e. The second kappa shape index (κ2) is 8.02. The van der Waals surface area contributed by atoms with Crippen molar-refractivity contribution in [3.05, 3.63) is 29.3 Å². The number of aryl methyl sites for hydroxylation is 2. The van der Waals surface area contributed by atoms with E-state index in [0.29, 0.717) is 13.0 Å². The Kier molecular flexibility index (Phi) is 6.27. The van der Waals surface area contributed by atoms with E-state index in [2.05, 4.69) is 45.9 Å². The summed E-state index contributed by atoms with van der Waals surface area (Å²) in [6.45, 7) is 10.6. The molecular formula is C20H32N2O2. The average Bonchev–Trinajstić information content (AvgIpc) is 2.52. The van der Waals surface area contributed by atoms with Crippen LogP contribution in [-0.2, 0) is 4.79 Å². The van der Waals surface area contributed by atoms with Crippen molar-refractivity contribution in [2.24, 2.45) is 11.1 Å². The van der Waals surface area contributed by atoms with Crippen LogP contribution in [0, 0.1) is 19.3 Å². The molecule has 0 radical (unpaired) electrons. The second-order valence-electron chi connectivity index (χ2n) is 7.77. The number of rotatable bonds is 6. The lowest BCUT2D eigenvalue weighted by atomic mass is 9.79. The number of unbranched alkanes of at least 4 members (excludes halogenated alkanes) is 1. The zero-order valence-corrected chi connectivity index (χ0v) is 15.6. The molecule has 24 heavy (non-hydrogen) atoms. The molecule has 0 spiro atoms. The second-order valence-corrected chi connectivity index (χ2v) is 7.77. The summed E-state index contributed by atoms with van der Waals surface area (Å²) in [5, 5.41) is 0. The summed E-state index contributed by atoms with van der Waals surface area (Å²) in [7, 11) is 0. The predicted molar refractivity (Wildman–Crippen MR) is 98.2 cm³/mol. The zero-order valence-electron chi connectivity index (χ0n) is 15.6. The Labute approximate surface area is 146 Å². The molecule has 1 unspecified atom stereocenters. The molecule has 0 bridgehead atoms. The maximum Gasteiger partial charge on any atom is 0.222 e. The molecule has 1 aromatic carbocycles. The van der Waals surface area contributed by atoms with Crippen LogP contribution in [0.2, 0.25) is 0 Å². The van der Waals surface area contributed by atoms with Crippen molar-refractivity contribution in [1.82, 2.24) is 4.90 Å². The van der Waals surface area contributed by atoms with E-state index in [1.807, 2.05) is 4.90 Å². The third-order valence-corrected chi connectivity index (χ3v) is 5.05. The maximum atomic E-state index is 12.4. The molecule has 4 nitrogen and oxygen atoms in total. The molecule has 2 rings (SSSR count). The summed E-state index contributed by atoms with van der Waals surface area (Å²) in [6, 6.07) is 6.43. The molecule has 1 aliphatic heterocycles. The van der Waals surface area contributed by atoms with Gasteiger partial charge in [-0.05, 0) is 55.7 Å². The van der Waals surface area contributed by atoms with Crippen LogP contribution in [0.3, 0.4) is 0 Å². The van der Waals surface area contributed by atoms with Crippen LogP contribution in [0.4, 0.5) is 0 Å². The highest BCUT2D eigenvalue weighted by molar-refractivity contribution is 5.76. The minimum Gasteiger partial charge on any atom is -0.493 e. The van der Waals surface area contributed by atoms with Gasteiger partial charge in [0.25, 0.3) is 0 Å². The van der Waals surface area contributed by atoms with Gasteiger partial charge in [-0.25, -0.2) is 0 Å². The van der Waals surface area contributed by atoms with Crippen molar-refractivity contribution in [2.45, 2.75) is 59.4 Å². The fraction of sp³-hybridized carbons (Fsp3) is 0.650. The molecule has 1 aromatic rings. The van der Waals surface area contributed by atoms with Crippen molar-refractivity contribution < 1.29 is 9.53 Å². The third-order valence-electron chi connectivity index (χ3n) is 5.05. The minimum atomic E-state index is 0.0136. The highest BCUT2D eigenvalue weighted by atomic mass is 16.5. The number of hydrogen-bond donors (Lipinski definition) is 1. The Morgan fingerprint density at radius 2 is 2.08 bits per heavy atom. The smallest absolute Gasteiger partial charge is 0.222 e. The number of likely N-dealkylation sites (tertiary alicyclic amines) is 1. The predicted octanol–water partition coefficient (Wildman–Crippen LogP) is 3.44. The van der Waals surface area contributed by atoms with Crippen molar-refractivity contribution in [2.75, 3.05) is 19.7 Å². The van der Waals surface area contributed by atoms with Gasteiger partial charge in [0.05, 0.1) is 6.61 Å². The van der Waals surface area contributed by atoms with Crippen molar-refractivity contribution in [3.8, 4) is 5.75 Å². The monoisotopic (exact) mass is 332 g/mol. The summed E-state index contributed by atoms with van der Waals surface area (Å²) in [5.41, 5.74) is 8.51. The fourth-order valence-electron chi connectivity index (χ4n) is 3.17. The highest BCUT2D eigenvalue weighted by Gasteiger charge is 2.34. The Bertz CT molecular complexity index is 569. The number of carbonyl (C=O) groups excluding carboxylic acids is 1. The number of benzene rings is 1. The normalized spacial score (nSPS) is 20.0. The summed E-state index contributed by atoms with van der Waals surface area (Å²) in [4.78, 5) is 14.3. The third kappa shape index (κ3) is 4.97. The van der Waals surface area contributed by atoms with Crippen LogP contribution in [0.25, 0.3) is 0 Å². The Balaban J connectivity index is 1.69. The van der Waals surface area contributed by atoms with E-state index in [0.717, 1.165) is 43.7 Å². The van der Waals surface area contributed by atoms with Gasteiger partial charge in [-0.3, -0.25) is 4.79 Å². The molecule has 134 valence electrons. The zero-order chi connectivity index (χ0) is 17.7. The molecular weight excluding hydrogens is 300 g/mol. The van der Waals surface area contributed by atoms with Gasteiger partial charge in [0.1, 0.15) is 5.75 Å². The van der Waals surface area contributed by atoms with Crippen molar-refractivity contribution in [3.63, 3.8) is 0 Å². The van der Waals surface area contributed by atoms with Crippen LogP contribution < -0.4 is 10.5 Å². The van der Waals surface area contributed by atoms with Crippen LogP contribution >= 0.6 is 0 Å². The number of hydrogen-bond acceptors (Lipinski definition) is 3. The van der Waals surface area contributed by atoms with E-state index in [4.69, 9.17) is 10.5 Å². The molecule has 1 saturated heterocycles. The molecule has 0 saturated carbocycles. The Morgan fingerprint density at radius 1 is 1.33 bits per heavy atom. The molecule has 1 heterocycles. The Morgan fingerprint density at radius 3 is 2.79 bits per heavy atom. The molecule has 4 heteroatoms. The lowest BCUT2D eigenvalue weighted by Gasteiger charge is -2.42. The van der Waals surface area contributed by atoms with Gasteiger partial charge in [-0.15, -0.1) is 0 Å². The SMILES string of the molecule is Cc1ccc(C)c(OCCCCC(=O)N2CCC(N)C(C)(C)C2)c1. The van der Waals surface area contributed by atoms with Gasteiger partial charge in [0, 0.05) is 25.6 Å². The number of piperidine rings is 1. The maximum absolute atomic E-state index is 12.4. The topological polar surface area (TPSA) is 55.6 Å². The van der Waals surface area contributed by atoms with Gasteiger partial charge in [-0.1, -0.05) is 26.0 Å². The Hall–Kier alpha value is -1.55. The van der Waals surface area contributed by atoms with E-state index in [9.17, 15) is 4.79 Å². The van der Waals surface area contributed by atoms with Gasteiger partial charge in [0.2, 0.25) is 5.91 Å². The fourth-order valence-corrected chi connectivity index (χ4v) is 3.17. The molecule has 0 aromatic heterocycles. The van der Waals surface area contributed by atoms with E-state index >= 15 is 0 Å².